The van der Waals surface area contributed by atoms with Gasteiger partial charge in [0.2, 0.25) is 0 Å². The fourth-order valence-electron chi connectivity index (χ4n) is 6.36. The third-order valence-electron chi connectivity index (χ3n) is 7.90. The first-order valence-electron chi connectivity index (χ1n) is 14.1. The van der Waals surface area contributed by atoms with Crippen molar-refractivity contribution in [3.63, 3.8) is 0 Å². The van der Waals surface area contributed by atoms with Crippen molar-refractivity contribution >= 4 is 15.8 Å². The second-order valence-electron chi connectivity index (χ2n) is 12.4. The first kappa shape index (κ1) is 29.9. The molecular weight excluding hydrogens is 559 g/mol. The van der Waals surface area contributed by atoms with Gasteiger partial charge in [-0.05, 0) is 78.8 Å². The Balaban J connectivity index is 1.37. The van der Waals surface area contributed by atoms with Crippen LogP contribution in [0, 0.1) is 25.1 Å². The number of rotatable bonds is 10. The lowest BCUT2D eigenvalue weighted by atomic mass is 9.90. The fourth-order valence-corrected chi connectivity index (χ4v) is 7.86. The number of halogens is 1. The van der Waals surface area contributed by atoms with Crippen LogP contribution in [-0.4, -0.2) is 44.7 Å². The third-order valence-corrected chi connectivity index (χ3v) is 9.21. The van der Waals surface area contributed by atoms with E-state index in [0.29, 0.717) is 42.3 Å². The summed E-state index contributed by atoms with van der Waals surface area (Å²) in [7, 11) is -3.13. The molecule has 1 aliphatic heterocycles. The van der Waals surface area contributed by atoms with Gasteiger partial charge in [-0.1, -0.05) is 26.0 Å². The standard InChI is InChI=1S/C33H37FO7S/c1-19-12-23(40-17-33(3,4)18-42(5,37)38)13-20(2)31(19)25-8-10-27(34)32-26(25)9-11-28(32)41-22-6-7-24-21(14-30(35)36)16-39-29(24)15-22/h6-8,10,12-13,15,21,28H,9,11,14,16-18H2,1-5H3,(H,35,36)/t21-,28-/m1/s1. The number of carboxylic acids is 1. The van der Waals surface area contributed by atoms with Crippen LogP contribution in [-0.2, 0) is 21.1 Å². The monoisotopic (exact) mass is 596 g/mol. The summed E-state index contributed by atoms with van der Waals surface area (Å²) in [5.41, 5.74) is 5.74. The molecule has 1 N–H and O–H groups in total. The number of sulfone groups is 1. The van der Waals surface area contributed by atoms with Gasteiger partial charge in [-0.15, -0.1) is 0 Å². The van der Waals surface area contributed by atoms with Crippen LogP contribution in [0.15, 0.2) is 42.5 Å². The van der Waals surface area contributed by atoms with Crippen molar-refractivity contribution in [2.45, 2.75) is 59.0 Å². The smallest absolute Gasteiger partial charge is 0.304 e. The Kier molecular flexibility index (Phi) is 8.00. The molecule has 1 aliphatic carbocycles. The molecule has 3 aromatic carbocycles. The number of benzene rings is 3. The van der Waals surface area contributed by atoms with Gasteiger partial charge in [-0.3, -0.25) is 4.79 Å². The summed E-state index contributed by atoms with van der Waals surface area (Å²) >= 11 is 0. The molecule has 42 heavy (non-hydrogen) atoms. The average Bonchev–Trinajstić information content (AvgIpc) is 3.47. The molecule has 1 heterocycles. The van der Waals surface area contributed by atoms with Crippen molar-refractivity contribution < 1.29 is 36.9 Å². The maximum atomic E-state index is 15.3. The molecule has 224 valence electrons. The Hall–Kier alpha value is -3.59. The van der Waals surface area contributed by atoms with E-state index < -0.39 is 27.3 Å². The van der Waals surface area contributed by atoms with E-state index in [1.807, 2.05) is 52.0 Å². The molecule has 0 radical (unpaired) electrons. The lowest BCUT2D eigenvalue weighted by Crippen LogP contribution is -2.29. The number of aliphatic carboxylic acids is 1. The third kappa shape index (κ3) is 6.41. The zero-order chi connectivity index (χ0) is 30.4. The predicted molar refractivity (Wildman–Crippen MR) is 159 cm³/mol. The first-order chi connectivity index (χ1) is 19.7. The van der Waals surface area contributed by atoms with Crippen molar-refractivity contribution in [2.75, 3.05) is 25.2 Å². The Labute approximate surface area is 246 Å². The maximum Gasteiger partial charge on any atom is 0.304 e. The summed E-state index contributed by atoms with van der Waals surface area (Å²) in [6.45, 7) is 8.31. The second-order valence-corrected chi connectivity index (χ2v) is 14.5. The fraction of sp³-hybridized carbons (Fsp3) is 0.424. The van der Waals surface area contributed by atoms with Crippen LogP contribution in [0.3, 0.4) is 0 Å². The Morgan fingerprint density at radius 1 is 1.10 bits per heavy atom. The molecule has 0 spiro atoms. The van der Waals surface area contributed by atoms with Crippen molar-refractivity contribution in [2.24, 2.45) is 5.41 Å². The van der Waals surface area contributed by atoms with E-state index in [-0.39, 0.29) is 30.5 Å². The molecule has 0 amide bonds. The van der Waals surface area contributed by atoms with Crippen LogP contribution < -0.4 is 14.2 Å². The highest BCUT2D eigenvalue weighted by Gasteiger charge is 2.32. The lowest BCUT2D eigenvalue weighted by Gasteiger charge is -2.24. The minimum Gasteiger partial charge on any atom is -0.493 e. The molecule has 0 bridgehead atoms. The highest BCUT2D eigenvalue weighted by Crippen LogP contribution is 2.45. The summed E-state index contributed by atoms with van der Waals surface area (Å²) in [4.78, 5) is 11.2. The molecule has 9 heteroatoms. The number of carboxylic acid groups (broad SMARTS) is 1. The average molecular weight is 597 g/mol. The molecule has 3 aromatic rings. The van der Waals surface area contributed by atoms with Crippen molar-refractivity contribution in [3.8, 4) is 28.4 Å². The summed E-state index contributed by atoms with van der Waals surface area (Å²) in [5.74, 6) is 0.496. The van der Waals surface area contributed by atoms with E-state index in [4.69, 9.17) is 19.3 Å². The van der Waals surface area contributed by atoms with Crippen LogP contribution in [0.25, 0.3) is 11.1 Å². The highest BCUT2D eigenvalue weighted by atomic mass is 32.2. The topological polar surface area (TPSA) is 99.1 Å². The van der Waals surface area contributed by atoms with Gasteiger partial charge in [0, 0.05) is 34.8 Å². The van der Waals surface area contributed by atoms with Gasteiger partial charge in [0.15, 0.2) is 0 Å². The van der Waals surface area contributed by atoms with Gasteiger partial charge in [0.05, 0.1) is 25.4 Å². The van der Waals surface area contributed by atoms with Gasteiger partial charge in [0.1, 0.15) is 39.0 Å². The largest absolute Gasteiger partial charge is 0.493 e. The SMILES string of the molecule is Cc1cc(OCC(C)(C)CS(C)(=O)=O)cc(C)c1-c1ccc(F)c2c1CC[C@H]2Oc1ccc2c(c1)OC[C@H]2CC(=O)O. The van der Waals surface area contributed by atoms with E-state index in [1.54, 1.807) is 12.1 Å². The molecule has 2 atom stereocenters. The summed E-state index contributed by atoms with van der Waals surface area (Å²) < 4.78 is 56.9. The van der Waals surface area contributed by atoms with E-state index in [2.05, 4.69) is 0 Å². The van der Waals surface area contributed by atoms with Crippen LogP contribution >= 0.6 is 0 Å². The number of hydrogen-bond acceptors (Lipinski definition) is 6. The Morgan fingerprint density at radius 3 is 2.48 bits per heavy atom. The zero-order valence-electron chi connectivity index (χ0n) is 24.6. The highest BCUT2D eigenvalue weighted by molar-refractivity contribution is 7.90. The van der Waals surface area contributed by atoms with Gasteiger partial charge in [0.25, 0.3) is 0 Å². The number of fused-ring (bicyclic) bond motifs is 2. The van der Waals surface area contributed by atoms with Gasteiger partial charge < -0.3 is 19.3 Å². The summed E-state index contributed by atoms with van der Waals surface area (Å²) in [6, 6.07) is 12.6. The molecule has 0 fully saturated rings. The van der Waals surface area contributed by atoms with Crippen molar-refractivity contribution in [3.05, 3.63) is 76.1 Å². The van der Waals surface area contributed by atoms with Crippen LogP contribution in [0.1, 0.15) is 66.5 Å². The number of aryl methyl sites for hydroxylation is 2. The molecule has 5 rings (SSSR count). The molecule has 7 nitrogen and oxygen atoms in total. The minimum absolute atomic E-state index is 0.00427. The van der Waals surface area contributed by atoms with Crippen molar-refractivity contribution in [1.82, 2.24) is 0 Å². The zero-order valence-corrected chi connectivity index (χ0v) is 25.4. The van der Waals surface area contributed by atoms with Crippen LogP contribution in [0.5, 0.6) is 17.2 Å². The van der Waals surface area contributed by atoms with Crippen LogP contribution in [0.4, 0.5) is 4.39 Å². The van der Waals surface area contributed by atoms with E-state index in [0.717, 1.165) is 33.4 Å². The summed E-state index contributed by atoms with van der Waals surface area (Å²) in [5, 5.41) is 9.16. The normalized spacial score (nSPS) is 17.9. The number of hydrogen-bond donors (Lipinski definition) is 1. The molecule has 0 aromatic heterocycles. The van der Waals surface area contributed by atoms with Gasteiger partial charge in [-0.25, -0.2) is 12.8 Å². The van der Waals surface area contributed by atoms with Gasteiger partial charge in [-0.2, -0.15) is 0 Å². The van der Waals surface area contributed by atoms with Crippen LogP contribution in [0.2, 0.25) is 0 Å². The van der Waals surface area contributed by atoms with E-state index >= 15 is 4.39 Å². The van der Waals surface area contributed by atoms with Crippen molar-refractivity contribution in [1.29, 1.82) is 0 Å². The predicted octanol–water partition coefficient (Wildman–Crippen LogP) is 6.58. The number of ether oxygens (including phenoxy) is 3. The Morgan fingerprint density at radius 2 is 1.81 bits per heavy atom. The number of carbonyl (C=O) groups is 1. The lowest BCUT2D eigenvalue weighted by molar-refractivity contribution is -0.137. The van der Waals surface area contributed by atoms with E-state index in [9.17, 15) is 13.2 Å². The molecular formula is C33H37FO7S. The second kappa shape index (κ2) is 11.2. The Bertz CT molecular complexity index is 1620. The molecule has 2 aliphatic rings. The quantitative estimate of drug-likeness (QED) is 0.282. The maximum absolute atomic E-state index is 15.3. The minimum atomic E-state index is -3.13. The van der Waals surface area contributed by atoms with E-state index in [1.165, 1.54) is 12.3 Å². The molecule has 0 saturated carbocycles. The molecule has 0 unspecified atom stereocenters. The summed E-state index contributed by atoms with van der Waals surface area (Å²) in [6.07, 6.45) is 2.05. The first-order valence-corrected chi connectivity index (χ1v) is 16.2. The van der Waals surface area contributed by atoms with Gasteiger partial charge >= 0.3 is 5.97 Å². The molecule has 0 saturated heterocycles.